The van der Waals surface area contributed by atoms with Crippen molar-refractivity contribution < 1.29 is 13.6 Å². The number of carbonyl (C=O) groups is 1. The summed E-state index contributed by atoms with van der Waals surface area (Å²) in [4.78, 5) is 14.2. The number of nitrogens with zero attached hydrogens (tertiary/aromatic N) is 2. The first-order valence-electron chi connectivity index (χ1n) is 8.07. The van der Waals surface area contributed by atoms with E-state index in [1.165, 1.54) is 22.5 Å². The van der Waals surface area contributed by atoms with Gasteiger partial charge in [-0.15, -0.1) is 0 Å². The molecular weight excluding hydrogens is 392 g/mol. The van der Waals surface area contributed by atoms with Gasteiger partial charge in [-0.3, -0.25) is 9.48 Å². The molecule has 4 nitrogen and oxygen atoms in total. The maximum absolute atomic E-state index is 12.7. The van der Waals surface area contributed by atoms with Gasteiger partial charge in [-0.2, -0.15) is 5.10 Å². The minimum atomic E-state index is -2.66. The van der Waals surface area contributed by atoms with Crippen LogP contribution in [0.4, 0.5) is 14.5 Å². The van der Waals surface area contributed by atoms with Crippen molar-refractivity contribution in [2.75, 3.05) is 5.32 Å². The van der Waals surface area contributed by atoms with Crippen molar-refractivity contribution in [3.63, 3.8) is 0 Å². The van der Waals surface area contributed by atoms with E-state index in [4.69, 9.17) is 11.6 Å². The lowest BCUT2D eigenvalue weighted by Gasteiger charge is -2.11. The number of amides is 1. The zero-order valence-corrected chi connectivity index (χ0v) is 15.9. The summed E-state index contributed by atoms with van der Waals surface area (Å²) in [7, 11) is 0. The summed E-state index contributed by atoms with van der Waals surface area (Å²) in [6.45, 7) is 1.50. The lowest BCUT2D eigenvalue weighted by atomic mass is 10.3. The molecule has 0 fully saturated rings. The van der Waals surface area contributed by atoms with Gasteiger partial charge in [-0.25, -0.2) is 8.78 Å². The number of carbonyl (C=O) groups excluding carboxylic acids is 1. The molecule has 0 saturated carbocycles. The lowest BCUT2D eigenvalue weighted by Crippen LogP contribution is -2.20. The van der Waals surface area contributed by atoms with Gasteiger partial charge in [0.2, 0.25) is 5.91 Å². The average Bonchev–Trinajstić information content (AvgIpc) is 2.99. The number of anilines is 1. The number of nitrogens with one attached hydrogen (secondary N) is 1. The Kier molecular flexibility index (Phi) is 6.13. The normalized spacial score (nSPS) is 11.0. The molecule has 140 valence electrons. The van der Waals surface area contributed by atoms with Crippen molar-refractivity contribution in [3.05, 3.63) is 71.0 Å². The van der Waals surface area contributed by atoms with Crippen molar-refractivity contribution in [2.45, 2.75) is 29.7 Å². The summed E-state index contributed by atoms with van der Waals surface area (Å²) in [6, 6.07) is 16.0. The second-order valence-electron chi connectivity index (χ2n) is 5.77. The quantitative estimate of drug-likeness (QED) is 0.580. The van der Waals surface area contributed by atoms with E-state index < -0.39 is 6.43 Å². The molecule has 1 aromatic heterocycles. The summed E-state index contributed by atoms with van der Waals surface area (Å²) >= 11 is 7.39. The van der Waals surface area contributed by atoms with Crippen LogP contribution in [0.3, 0.4) is 0 Å². The zero-order chi connectivity index (χ0) is 19.4. The van der Waals surface area contributed by atoms with Crippen LogP contribution in [0.1, 0.15) is 17.8 Å². The molecule has 0 aliphatic heterocycles. The Hall–Kier alpha value is -2.38. The molecule has 1 N–H and O–H groups in total. The fourth-order valence-electron chi connectivity index (χ4n) is 2.42. The summed E-state index contributed by atoms with van der Waals surface area (Å²) in [5.41, 5.74) is 0.810. The topological polar surface area (TPSA) is 46.9 Å². The first kappa shape index (κ1) is 19.4. The predicted octanol–water partition coefficient (Wildman–Crippen LogP) is 5.57. The minimum absolute atomic E-state index is 0.140. The molecule has 27 heavy (non-hydrogen) atoms. The molecule has 8 heteroatoms. The Morgan fingerprint density at radius 2 is 1.93 bits per heavy atom. The molecule has 0 spiro atoms. The number of hydrogen-bond acceptors (Lipinski definition) is 3. The first-order valence-corrected chi connectivity index (χ1v) is 9.26. The highest BCUT2D eigenvalue weighted by molar-refractivity contribution is 7.99. The van der Waals surface area contributed by atoms with Crippen LogP contribution in [-0.2, 0) is 11.3 Å². The SMILES string of the molecule is Cc1cc(C(F)F)nn1CC(=O)Nc1ccccc1Sc1ccc(Cl)cc1. The van der Waals surface area contributed by atoms with E-state index in [0.717, 1.165) is 9.79 Å². The second-order valence-corrected chi connectivity index (χ2v) is 7.32. The van der Waals surface area contributed by atoms with Crippen molar-refractivity contribution >= 4 is 35.0 Å². The van der Waals surface area contributed by atoms with Gasteiger partial charge in [0.25, 0.3) is 6.43 Å². The van der Waals surface area contributed by atoms with Gasteiger partial charge < -0.3 is 5.32 Å². The highest BCUT2D eigenvalue weighted by Crippen LogP contribution is 2.33. The molecule has 0 aliphatic carbocycles. The summed E-state index contributed by atoms with van der Waals surface area (Å²) in [5.74, 6) is -0.342. The van der Waals surface area contributed by atoms with Gasteiger partial charge in [0.15, 0.2) is 0 Å². The van der Waals surface area contributed by atoms with E-state index in [1.807, 2.05) is 30.3 Å². The third-order valence-electron chi connectivity index (χ3n) is 3.72. The van der Waals surface area contributed by atoms with E-state index in [0.29, 0.717) is 16.4 Å². The van der Waals surface area contributed by atoms with Crippen molar-refractivity contribution in [1.82, 2.24) is 9.78 Å². The molecule has 0 radical (unpaired) electrons. The summed E-state index contributed by atoms with van der Waals surface area (Å²) in [6.07, 6.45) is -2.66. The van der Waals surface area contributed by atoms with E-state index in [2.05, 4.69) is 10.4 Å². The number of alkyl halides is 2. The van der Waals surface area contributed by atoms with Crippen molar-refractivity contribution in [1.29, 1.82) is 0 Å². The number of aromatic nitrogens is 2. The Morgan fingerprint density at radius 1 is 1.22 bits per heavy atom. The van der Waals surface area contributed by atoms with Crippen LogP contribution in [0.2, 0.25) is 5.02 Å². The van der Waals surface area contributed by atoms with Crippen molar-refractivity contribution in [3.8, 4) is 0 Å². The summed E-state index contributed by atoms with van der Waals surface area (Å²) < 4.78 is 26.8. The maximum atomic E-state index is 12.7. The van der Waals surface area contributed by atoms with Crippen LogP contribution < -0.4 is 5.32 Å². The third kappa shape index (κ3) is 5.08. The van der Waals surface area contributed by atoms with E-state index in [1.54, 1.807) is 25.1 Å². The number of para-hydroxylation sites is 1. The smallest absolute Gasteiger partial charge is 0.282 e. The van der Waals surface area contributed by atoms with E-state index in [-0.39, 0.29) is 18.1 Å². The maximum Gasteiger partial charge on any atom is 0.282 e. The number of hydrogen-bond donors (Lipinski definition) is 1. The molecule has 0 bridgehead atoms. The Morgan fingerprint density at radius 3 is 2.59 bits per heavy atom. The molecule has 1 heterocycles. The molecule has 0 atom stereocenters. The highest BCUT2D eigenvalue weighted by atomic mass is 35.5. The highest BCUT2D eigenvalue weighted by Gasteiger charge is 2.15. The Bertz CT molecular complexity index is 944. The predicted molar refractivity (Wildman–Crippen MR) is 103 cm³/mol. The molecule has 3 rings (SSSR count). The molecule has 0 aliphatic rings. The lowest BCUT2D eigenvalue weighted by molar-refractivity contribution is -0.117. The Labute approximate surface area is 164 Å². The largest absolute Gasteiger partial charge is 0.323 e. The first-order chi connectivity index (χ1) is 12.9. The minimum Gasteiger partial charge on any atom is -0.323 e. The van der Waals surface area contributed by atoms with Crippen LogP contribution in [-0.4, -0.2) is 15.7 Å². The number of rotatable bonds is 6. The van der Waals surface area contributed by atoms with Gasteiger partial charge in [0, 0.05) is 20.5 Å². The number of benzene rings is 2. The monoisotopic (exact) mass is 407 g/mol. The number of halogens is 3. The van der Waals surface area contributed by atoms with Gasteiger partial charge in [-0.1, -0.05) is 35.5 Å². The Balaban J connectivity index is 1.72. The average molecular weight is 408 g/mol. The third-order valence-corrected chi connectivity index (χ3v) is 5.06. The fraction of sp³-hybridized carbons (Fsp3) is 0.158. The molecule has 0 saturated heterocycles. The second kappa shape index (κ2) is 8.54. The standard InChI is InChI=1S/C19H16ClF2N3OS/c1-12-10-16(19(21)22)24-25(12)11-18(26)23-15-4-2-3-5-17(15)27-14-8-6-13(20)7-9-14/h2-10,19H,11H2,1H3,(H,23,26). The molecular formula is C19H16ClF2N3OS. The van der Waals surface area contributed by atoms with Gasteiger partial charge in [-0.05, 0) is 49.4 Å². The van der Waals surface area contributed by atoms with E-state index >= 15 is 0 Å². The van der Waals surface area contributed by atoms with Crippen LogP contribution in [0.25, 0.3) is 0 Å². The zero-order valence-electron chi connectivity index (χ0n) is 14.3. The van der Waals surface area contributed by atoms with Gasteiger partial charge in [0.05, 0.1) is 5.69 Å². The fourth-order valence-corrected chi connectivity index (χ4v) is 3.44. The van der Waals surface area contributed by atoms with Gasteiger partial charge >= 0.3 is 0 Å². The van der Waals surface area contributed by atoms with Crippen LogP contribution >= 0.6 is 23.4 Å². The number of aryl methyl sites for hydroxylation is 1. The van der Waals surface area contributed by atoms with Crippen LogP contribution in [0.5, 0.6) is 0 Å². The molecule has 0 unspecified atom stereocenters. The van der Waals surface area contributed by atoms with Crippen LogP contribution in [0.15, 0.2) is 64.4 Å². The summed E-state index contributed by atoms with van der Waals surface area (Å²) in [5, 5.41) is 7.25. The van der Waals surface area contributed by atoms with Crippen LogP contribution in [0, 0.1) is 6.92 Å². The van der Waals surface area contributed by atoms with Gasteiger partial charge in [0.1, 0.15) is 12.2 Å². The molecule has 2 aromatic carbocycles. The van der Waals surface area contributed by atoms with E-state index in [9.17, 15) is 13.6 Å². The molecule has 1 amide bonds. The van der Waals surface area contributed by atoms with Crippen molar-refractivity contribution in [2.24, 2.45) is 0 Å². The molecule has 3 aromatic rings.